The van der Waals surface area contributed by atoms with E-state index in [0.717, 1.165) is 17.7 Å². The monoisotopic (exact) mass is 305 g/mol. The molecule has 1 amide bonds. The minimum atomic E-state index is -1.03. The molecule has 2 aromatic carbocycles. The summed E-state index contributed by atoms with van der Waals surface area (Å²) in [4.78, 5) is 23.1. The number of carbonyl (C=O) groups excluding carboxylic acids is 2. The predicted octanol–water partition coefficient (Wildman–Crippen LogP) is 2.44. The van der Waals surface area contributed by atoms with E-state index in [9.17, 15) is 18.4 Å². The molecule has 114 valence electrons. The Hall–Kier alpha value is -2.76. The molecule has 0 heterocycles. The van der Waals surface area contributed by atoms with Crippen LogP contribution in [0.1, 0.15) is 15.9 Å². The Morgan fingerprint density at radius 2 is 1.77 bits per heavy atom. The highest BCUT2D eigenvalue weighted by Gasteiger charge is 2.15. The third kappa shape index (κ3) is 4.37. The molecule has 0 atom stereocenters. The van der Waals surface area contributed by atoms with Crippen LogP contribution in [0.25, 0.3) is 0 Å². The molecule has 0 radical (unpaired) electrons. The lowest BCUT2D eigenvalue weighted by Gasteiger charge is -2.07. The van der Waals surface area contributed by atoms with Crippen molar-refractivity contribution in [2.24, 2.45) is 0 Å². The predicted molar refractivity (Wildman–Crippen MR) is 74.9 cm³/mol. The first-order valence-electron chi connectivity index (χ1n) is 6.49. The number of amides is 1. The van der Waals surface area contributed by atoms with E-state index in [1.165, 1.54) is 0 Å². The number of ether oxygens (including phenoxy) is 1. The van der Waals surface area contributed by atoms with Crippen LogP contribution >= 0.6 is 0 Å². The third-order valence-electron chi connectivity index (χ3n) is 2.82. The van der Waals surface area contributed by atoms with E-state index in [2.05, 4.69) is 10.1 Å². The Balaban J connectivity index is 1.82. The fourth-order valence-electron chi connectivity index (χ4n) is 1.71. The summed E-state index contributed by atoms with van der Waals surface area (Å²) in [5.74, 6) is -3.36. The summed E-state index contributed by atoms with van der Waals surface area (Å²) in [5.41, 5.74) is 0.476. The topological polar surface area (TPSA) is 55.4 Å². The first-order valence-corrected chi connectivity index (χ1v) is 6.49. The Morgan fingerprint density at radius 3 is 2.45 bits per heavy atom. The second-order valence-corrected chi connectivity index (χ2v) is 4.46. The lowest BCUT2D eigenvalue weighted by atomic mass is 10.2. The maximum Gasteiger partial charge on any atom is 0.341 e. The molecule has 0 aliphatic heterocycles. The minimum Gasteiger partial charge on any atom is -0.452 e. The summed E-state index contributed by atoms with van der Waals surface area (Å²) < 4.78 is 30.8. The number of hydrogen-bond donors (Lipinski definition) is 1. The van der Waals surface area contributed by atoms with E-state index in [4.69, 9.17) is 0 Å². The average molecular weight is 305 g/mol. The molecule has 2 aromatic rings. The van der Waals surface area contributed by atoms with Crippen molar-refractivity contribution < 1.29 is 23.1 Å². The molecule has 0 aromatic heterocycles. The second-order valence-electron chi connectivity index (χ2n) is 4.46. The zero-order valence-corrected chi connectivity index (χ0v) is 11.5. The van der Waals surface area contributed by atoms with Crippen molar-refractivity contribution in [2.45, 2.75) is 6.54 Å². The van der Waals surface area contributed by atoms with E-state index in [0.29, 0.717) is 12.6 Å². The normalized spacial score (nSPS) is 10.1. The summed E-state index contributed by atoms with van der Waals surface area (Å²) >= 11 is 0. The summed E-state index contributed by atoms with van der Waals surface area (Å²) in [5, 5.41) is 2.56. The van der Waals surface area contributed by atoms with Crippen molar-refractivity contribution in [2.75, 3.05) is 6.61 Å². The maximum absolute atomic E-state index is 13.4. The van der Waals surface area contributed by atoms with Crippen molar-refractivity contribution >= 4 is 11.9 Å². The van der Waals surface area contributed by atoms with Crippen LogP contribution in [0, 0.1) is 11.6 Å². The van der Waals surface area contributed by atoms with Gasteiger partial charge in [-0.1, -0.05) is 30.3 Å². The highest BCUT2D eigenvalue weighted by Crippen LogP contribution is 2.10. The van der Waals surface area contributed by atoms with Gasteiger partial charge in [-0.15, -0.1) is 0 Å². The molecule has 0 unspecified atom stereocenters. The minimum absolute atomic E-state index is 0.294. The number of hydrogen-bond acceptors (Lipinski definition) is 3. The van der Waals surface area contributed by atoms with Gasteiger partial charge >= 0.3 is 5.97 Å². The van der Waals surface area contributed by atoms with Gasteiger partial charge in [-0.05, 0) is 17.7 Å². The fourth-order valence-corrected chi connectivity index (χ4v) is 1.71. The number of benzene rings is 2. The summed E-state index contributed by atoms with van der Waals surface area (Å²) in [6.07, 6.45) is 0. The van der Waals surface area contributed by atoms with Crippen molar-refractivity contribution in [3.63, 3.8) is 0 Å². The van der Waals surface area contributed by atoms with Crippen molar-refractivity contribution in [3.05, 3.63) is 71.3 Å². The largest absolute Gasteiger partial charge is 0.452 e. The Kier molecular flexibility index (Phi) is 5.19. The Morgan fingerprint density at radius 1 is 1.05 bits per heavy atom. The molecule has 0 aliphatic rings. The smallest absolute Gasteiger partial charge is 0.341 e. The van der Waals surface area contributed by atoms with Gasteiger partial charge in [0.2, 0.25) is 0 Å². The highest BCUT2D eigenvalue weighted by atomic mass is 19.1. The van der Waals surface area contributed by atoms with Crippen LogP contribution in [0.2, 0.25) is 0 Å². The number of carbonyl (C=O) groups is 2. The van der Waals surface area contributed by atoms with Gasteiger partial charge in [0.15, 0.2) is 6.61 Å². The van der Waals surface area contributed by atoms with E-state index in [-0.39, 0.29) is 0 Å². The van der Waals surface area contributed by atoms with E-state index >= 15 is 0 Å². The maximum atomic E-state index is 13.4. The lowest BCUT2D eigenvalue weighted by Crippen LogP contribution is -2.28. The molecule has 0 spiro atoms. The molecule has 4 nitrogen and oxygen atoms in total. The van der Waals surface area contributed by atoms with Gasteiger partial charge < -0.3 is 10.1 Å². The van der Waals surface area contributed by atoms with Gasteiger partial charge in [0.05, 0.1) is 5.56 Å². The van der Waals surface area contributed by atoms with Crippen LogP contribution in [0.5, 0.6) is 0 Å². The van der Waals surface area contributed by atoms with E-state index in [1.54, 1.807) is 0 Å². The average Bonchev–Trinajstić information content (AvgIpc) is 2.51. The molecule has 0 saturated heterocycles. The molecule has 0 saturated carbocycles. The van der Waals surface area contributed by atoms with Crippen LogP contribution in [0.4, 0.5) is 8.78 Å². The zero-order chi connectivity index (χ0) is 15.9. The van der Waals surface area contributed by atoms with Crippen molar-refractivity contribution in [3.8, 4) is 0 Å². The van der Waals surface area contributed by atoms with Crippen LogP contribution in [-0.4, -0.2) is 18.5 Å². The Bertz CT molecular complexity index is 674. The van der Waals surface area contributed by atoms with Gasteiger partial charge in [-0.25, -0.2) is 13.6 Å². The molecule has 2 rings (SSSR count). The number of rotatable bonds is 5. The first kappa shape index (κ1) is 15.6. The van der Waals surface area contributed by atoms with Crippen LogP contribution in [0.15, 0.2) is 48.5 Å². The quantitative estimate of drug-likeness (QED) is 0.863. The second kappa shape index (κ2) is 7.31. The first-order chi connectivity index (χ1) is 10.6. The van der Waals surface area contributed by atoms with Crippen LogP contribution in [0.3, 0.4) is 0 Å². The molecular formula is C16H13F2NO3. The molecular weight excluding hydrogens is 292 g/mol. The number of nitrogens with one attached hydrogen (secondary N) is 1. The molecule has 22 heavy (non-hydrogen) atoms. The lowest BCUT2D eigenvalue weighted by molar-refractivity contribution is -0.124. The summed E-state index contributed by atoms with van der Waals surface area (Å²) in [6, 6.07) is 11.7. The summed E-state index contributed by atoms with van der Waals surface area (Å²) in [6.45, 7) is -0.245. The van der Waals surface area contributed by atoms with Gasteiger partial charge in [-0.3, -0.25) is 4.79 Å². The van der Waals surface area contributed by atoms with Gasteiger partial charge in [0, 0.05) is 12.6 Å². The van der Waals surface area contributed by atoms with E-state index in [1.807, 2.05) is 30.3 Å². The number of halogens is 2. The number of esters is 1. The third-order valence-corrected chi connectivity index (χ3v) is 2.82. The SMILES string of the molecule is O=C(COC(=O)c1ccc(F)cc1F)NCc1ccccc1. The standard InChI is InChI=1S/C16H13F2NO3/c17-12-6-7-13(14(18)8-12)16(21)22-10-15(20)19-9-11-4-2-1-3-5-11/h1-8H,9-10H2,(H,19,20). The van der Waals surface area contributed by atoms with Gasteiger partial charge in [0.25, 0.3) is 5.91 Å². The highest BCUT2D eigenvalue weighted by molar-refractivity contribution is 5.91. The molecule has 0 aliphatic carbocycles. The van der Waals surface area contributed by atoms with Crippen LogP contribution in [-0.2, 0) is 16.1 Å². The van der Waals surface area contributed by atoms with Gasteiger partial charge in [0.1, 0.15) is 11.6 Å². The van der Waals surface area contributed by atoms with Crippen molar-refractivity contribution in [1.29, 1.82) is 0 Å². The summed E-state index contributed by atoms with van der Waals surface area (Å²) in [7, 11) is 0. The van der Waals surface area contributed by atoms with Gasteiger partial charge in [-0.2, -0.15) is 0 Å². The van der Waals surface area contributed by atoms with E-state index < -0.39 is 35.7 Å². The fraction of sp³-hybridized carbons (Fsp3) is 0.125. The molecule has 1 N–H and O–H groups in total. The molecule has 0 fully saturated rings. The van der Waals surface area contributed by atoms with Crippen LogP contribution < -0.4 is 5.32 Å². The Labute approximate surface area is 125 Å². The molecule has 0 bridgehead atoms. The van der Waals surface area contributed by atoms with Crippen molar-refractivity contribution in [1.82, 2.24) is 5.32 Å². The molecule has 6 heteroatoms. The zero-order valence-electron chi connectivity index (χ0n) is 11.5.